The summed E-state index contributed by atoms with van der Waals surface area (Å²) in [7, 11) is 1.63. The molecule has 0 spiro atoms. The fourth-order valence-electron chi connectivity index (χ4n) is 4.80. The summed E-state index contributed by atoms with van der Waals surface area (Å²) in [6, 6.07) is 13.4. The summed E-state index contributed by atoms with van der Waals surface area (Å²) in [5.74, 6) is 2.19. The number of halogens is 1. The number of hydrogen-bond acceptors (Lipinski definition) is 5. The number of amides is 1. The third kappa shape index (κ3) is 12.6. The Hall–Kier alpha value is -2.12. The number of benzene rings is 2. The van der Waals surface area contributed by atoms with E-state index in [9.17, 15) is 4.79 Å². The first-order valence-corrected chi connectivity index (χ1v) is 15.8. The van der Waals surface area contributed by atoms with E-state index in [2.05, 4.69) is 30.3 Å². The normalized spacial score (nSPS) is 12.6. The first-order valence-electron chi connectivity index (χ1n) is 14.9. The van der Waals surface area contributed by atoms with Crippen LogP contribution >= 0.6 is 28.7 Å². The molecule has 0 saturated heterocycles. The molecule has 0 fully saturated rings. The number of nitrogens with one attached hydrogen (secondary N) is 1. The van der Waals surface area contributed by atoms with Gasteiger partial charge in [0.1, 0.15) is 0 Å². The summed E-state index contributed by atoms with van der Waals surface area (Å²) in [6.45, 7) is 5.93. The van der Waals surface area contributed by atoms with E-state index in [1.807, 2.05) is 54.2 Å². The van der Waals surface area contributed by atoms with Crippen molar-refractivity contribution >= 4 is 40.3 Å². The van der Waals surface area contributed by atoms with Gasteiger partial charge in [-0.25, -0.2) is 0 Å². The molecule has 1 aliphatic heterocycles. The topological polar surface area (TPSA) is 50.8 Å². The molecule has 40 heavy (non-hydrogen) atoms. The highest BCUT2D eigenvalue weighted by Gasteiger charge is 2.12. The lowest BCUT2D eigenvalue weighted by atomic mass is 10.1. The van der Waals surface area contributed by atoms with Gasteiger partial charge in [-0.1, -0.05) is 89.7 Å². The first kappa shape index (κ1) is 34.1. The molecule has 0 unspecified atom stereocenters. The summed E-state index contributed by atoms with van der Waals surface area (Å²) < 4.78 is 11.5. The summed E-state index contributed by atoms with van der Waals surface area (Å²) in [5, 5.41) is 2.98. The molecule has 222 valence electrons. The molecular formula is C33H49BrN2O3S. The van der Waals surface area contributed by atoms with Crippen LogP contribution in [0.2, 0.25) is 0 Å². The van der Waals surface area contributed by atoms with Crippen LogP contribution in [0.5, 0.6) is 11.5 Å². The van der Waals surface area contributed by atoms with Crippen molar-refractivity contribution in [2.75, 3.05) is 24.9 Å². The van der Waals surface area contributed by atoms with Crippen LogP contribution in [0.15, 0.2) is 53.6 Å². The van der Waals surface area contributed by atoms with Crippen molar-refractivity contribution in [2.45, 2.75) is 97.4 Å². The maximum absolute atomic E-state index is 12.8. The molecule has 2 aromatic carbocycles. The quantitative estimate of drug-likeness (QED) is 0.156. The number of hydrogen-bond donors (Lipinski definition) is 1. The minimum Gasteiger partial charge on any atom is -0.493 e. The van der Waals surface area contributed by atoms with Crippen LogP contribution in [0, 0.1) is 0 Å². The van der Waals surface area contributed by atoms with E-state index >= 15 is 0 Å². The monoisotopic (exact) mass is 632 g/mol. The molecule has 0 aromatic heterocycles. The number of carbonyl (C=O) groups is 1. The smallest absolute Gasteiger partial charge is 0.255 e. The molecule has 0 aliphatic carbocycles. The van der Waals surface area contributed by atoms with E-state index in [-0.39, 0.29) is 22.9 Å². The molecule has 1 aliphatic rings. The fraction of sp³-hybridized carbons (Fsp3) is 0.545. The molecule has 0 bridgehead atoms. The predicted molar refractivity (Wildman–Crippen MR) is 176 cm³/mol. The summed E-state index contributed by atoms with van der Waals surface area (Å²) in [4.78, 5) is 16.4. The Bertz CT molecular complexity index is 1030. The number of ether oxygens (including phenoxy) is 2. The molecule has 0 atom stereocenters. The van der Waals surface area contributed by atoms with E-state index in [4.69, 9.17) is 9.47 Å². The zero-order chi connectivity index (χ0) is 27.7. The molecule has 7 heteroatoms. The van der Waals surface area contributed by atoms with Gasteiger partial charge in [0.15, 0.2) is 11.5 Å². The average molecular weight is 634 g/mol. The maximum Gasteiger partial charge on any atom is 0.255 e. The largest absolute Gasteiger partial charge is 0.493 e. The Balaban J connectivity index is 0.00000560. The number of thioether (sulfide) groups is 1. The van der Waals surface area contributed by atoms with Crippen molar-refractivity contribution in [1.29, 1.82) is 0 Å². The van der Waals surface area contributed by atoms with Crippen LogP contribution in [0.25, 0.3) is 0 Å². The van der Waals surface area contributed by atoms with Crippen LogP contribution in [0.1, 0.15) is 107 Å². The maximum atomic E-state index is 12.8. The molecule has 1 N–H and O–H groups in total. The Labute approximate surface area is 257 Å². The van der Waals surface area contributed by atoms with E-state index in [1.54, 1.807) is 7.11 Å². The number of nitrogens with zero attached hydrogens (tertiary/aromatic N) is 1. The van der Waals surface area contributed by atoms with Crippen molar-refractivity contribution < 1.29 is 14.3 Å². The van der Waals surface area contributed by atoms with E-state index < -0.39 is 0 Å². The van der Waals surface area contributed by atoms with Gasteiger partial charge in [-0.3, -0.25) is 4.79 Å². The highest BCUT2D eigenvalue weighted by molar-refractivity contribution is 8.93. The molecule has 5 nitrogen and oxygen atoms in total. The van der Waals surface area contributed by atoms with Gasteiger partial charge in [-0.05, 0) is 48.1 Å². The van der Waals surface area contributed by atoms with Gasteiger partial charge in [0, 0.05) is 30.1 Å². The molecule has 2 aromatic rings. The Kier molecular flexibility index (Phi) is 16.9. The van der Waals surface area contributed by atoms with Gasteiger partial charge in [-0.15, -0.1) is 28.7 Å². The van der Waals surface area contributed by atoms with Crippen molar-refractivity contribution in [3.8, 4) is 11.5 Å². The molecule has 1 amide bonds. The lowest BCUT2D eigenvalue weighted by molar-refractivity contribution is 0.102. The van der Waals surface area contributed by atoms with Gasteiger partial charge in [0.2, 0.25) is 0 Å². The zero-order valence-electron chi connectivity index (χ0n) is 24.7. The second-order valence-electron chi connectivity index (χ2n) is 10.5. The zero-order valence-corrected chi connectivity index (χ0v) is 27.2. The van der Waals surface area contributed by atoms with Crippen LogP contribution in [0.4, 0.5) is 5.69 Å². The van der Waals surface area contributed by atoms with Gasteiger partial charge >= 0.3 is 0 Å². The number of anilines is 1. The van der Waals surface area contributed by atoms with E-state index in [0.717, 1.165) is 18.8 Å². The summed E-state index contributed by atoms with van der Waals surface area (Å²) in [5.41, 5.74) is 2.51. The number of allylic oxidation sites excluding steroid dienone is 1. The fourth-order valence-corrected chi connectivity index (χ4v) is 5.56. The predicted octanol–water partition coefficient (Wildman–Crippen LogP) is 9.97. The van der Waals surface area contributed by atoms with Crippen LogP contribution in [-0.4, -0.2) is 30.4 Å². The molecule has 1 heterocycles. The van der Waals surface area contributed by atoms with Crippen molar-refractivity contribution in [2.24, 2.45) is 0 Å². The number of carbonyl (C=O) groups excluding carboxylic acids is 1. The highest BCUT2D eigenvalue weighted by atomic mass is 79.9. The van der Waals surface area contributed by atoms with Gasteiger partial charge in [0.05, 0.1) is 19.6 Å². The lowest BCUT2D eigenvalue weighted by Crippen LogP contribution is -2.14. The van der Waals surface area contributed by atoms with Crippen molar-refractivity contribution in [3.63, 3.8) is 0 Å². The molecule has 0 radical (unpaired) electrons. The SMILES string of the molecule is Br.CCCCCCCCCCCCCCOc1ccc(NC(=O)c2ccc(CN3C=C(C)SC3)cc2)cc1OC. The first-order chi connectivity index (χ1) is 19.1. The molecule has 3 rings (SSSR count). The Morgan fingerprint density at radius 3 is 2.08 bits per heavy atom. The highest BCUT2D eigenvalue weighted by Crippen LogP contribution is 2.31. The Morgan fingerprint density at radius 1 is 0.875 bits per heavy atom. The van der Waals surface area contributed by atoms with Crippen molar-refractivity contribution in [1.82, 2.24) is 4.90 Å². The molecule has 0 saturated carbocycles. The number of methoxy groups -OCH3 is 1. The Morgan fingerprint density at radius 2 is 1.50 bits per heavy atom. The summed E-state index contributed by atoms with van der Waals surface area (Å²) >= 11 is 1.85. The lowest BCUT2D eigenvalue weighted by Gasteiger charge is -2.15. The van der Waals surface area contributed by atoms with Crippen LogP contribution < -0.4 is 14.8 Å². The summed E-state index contributed by atoms with van der Waals surface area (Å²) in [6.07, 6.45) is 18.1. The van der Waals surface area contributed by atoms with Crippen LogP contribution in [0.3, 0.4) is 0 Å². The average Bonchev–Trinajstić information content (AvgIpc) is 3.36. The van der Waals surface area contributed by atoms with Gasteiger partial charge in [0.25, 0.3) is 5.91 Å². The standard InChI is InChI=1S/C33H48N2O3S.BrH/c1-4-5-6-7-8-9-10-11-12-13-14-15-22-38-31-21-20-30(23-32(31)37-3)34-33(36)29-18-16-28(17-19-29)25-35-24-27(2)39-26-35;/h16-21,23-24H,4-15,22,25-26H2,1-3H3,(H,34,36);1H. The van der Waals surface area contributed by atoms with Gasteiger partial charge < -0.3 is 19.7 Å². The second kappa shape index (κ2) is 19.9. The van der Waals surface area contributed by atoms with E-state index in [1.165, 1.54) is 81.1 Å². The molecular weight excluding hydrogens is 584 g/mol. The van der Waals surface area contributed by atoms with Gasteiger partial charge in [-0.2, -0.15) is 0 Å². The number of unbranched alkanes of at least 4 members (excludes halogenated alkanes) is 11. The van der Waals surface area contributed by atoms with Crippen molar-refractivity contribution in [3.05, 3.63) is 64.7 Å². The van der Waals surface area contributed by atoms with Crippen LogP contribution in [-0.2, 0) is 6.54 Å². The third-order valence-corrected chi connectivity index (χ3v) is 8.12. The second-order valence-corrected chi connectivity index (χ2v) is 11.7. The third-order valence-electron chi connectivity index (χ3n) is 7.10. The van der Waals surface area contributed by atoms with E-state index in [0.29, 0.717) is 29.4 Å². The minimum absolute atomic E-state index is 0. The minimum atomic E-state index is -0.138. The number of rotatable bonds is 19.